The molecule has 2 fully saturated rings. The van der Waals surface area contributed by atoms with Crippen LogP contribution in [0, 0.1) is 17.7 Å². The second kappa shape index (κ2) is 6.94. The highest BCUT2D eigenvalue weighted by atomic mass is 19.1. The molecule has 1 atom stereocenters. The van der Waals surface area contributed by atoms with Crippen molar-refractivity contribution in [2.24, 2.45) is 11.8 Å². The van der Waals surface area contributed by atoms with E-state index in [-0.39, 0.29) is 5.82 Å². The topological polar surface area (TPSA) is 59.2 Å². The maximum atomic E-state index is 13.0. The molecular weight excluding hydrogens is 321 g/mol. The van der Waals surface area contributed by atoms with E-state index in [9.17, 15) is 9.18 Å². The number of hydrogen-bond donors (Lipinski definition) is 0. The minimum Gasteiger partial charge on any atom is -0.342 e. The maximum absolute atomic E-state index is 13.0. The van der Waals surface area contributed by atoms with Gasteiger partial charge in [-0.3, -0.25) is 4.79 Å². The van der Waals surface area contributed by atoms with Crippen molar-refractivity contribution in [3.63, 3.8) is 0 Å². The molecule has 1 saturated heterocycles. The Labute approximate surface area is 146 Å². The quantitative estimate of drug-likeness (QED) is 0.834. The number of aromatic nitrogens is 2. The zero-order valence-electron chi connectivity index (χ0n) is 14.2. The minimum atomic E-state index is -0.286. The van der Waals surface area contributed by atoms with Gasteiger partial charge in [0.05, 0.1) is 0 Å². The number of rotatable bonds is 5. The van der Waals surface area contributed by atoms with Crippen LogP contribution in [0.2, 0.25) is 0 Å². The summed E-state index contributed by atoms with van der Waals surface area (Å²) in [5.74, 6) is 1.96. The van der Waals surface area contributed by atoms with Gasteiger partial charge in [-0.2, -0.15) is 4.98 Å². The van der Waals surface area contributed by atoms with Crippen LogP contribution in [0.4, 0.5) is 4.39 Å². The predicted molar refractivity (Wildman–Crippen MR) is 90.0 cm³/mol. The molecule has 0 N–H and O–H groups in total. The molecule has 132 valence electrons. The molecule has 1 amide bonds. The Balaban J connectivity index is 1.32. The number of carbonyl (C=O) groups is 1. The first-order valence-electron chi connectivity index (χ1n) is 9.06. The van der Waals surface area contributed by atoms with Crippen LogP contribution in [0.3, 0.4) is 0 Å². The van der Waals surface area contributed by atoms with Gasteiger partial charge in [-0.05, 0) is 62.3 Å². The van der Waals surface area contributed by atoms with E-state index in [4.69, 9.17) is 4.52 Å². The highest BCUT2D eigenvalue weighted by molar-refractivity contribution is 5.81. The van der Waals surface area contributed by atoms with E-state index in [1.807, 2.05) is 4.90 Å². The second-order valence-electron chi connectivity index (χ2n) is 7.13. The molecule has 6 heteroatoms. The summed E-state index contributed by atoms with van der Waals surface area (Å²) in [5, 5.41) is 4.03. The minimum absolute atomic E-state index is 0.286. The highest BCUT2D eigenvalue weighted by Gasteiger charge is 2.35. The van der Waals surface area contributed by atoms with Crippen LogP contribution in [-0.2, 0) is 11.2 Å². The summed E-state index contributed by atoms with van der Waals surface area (Å²) in [5.41, 5.74) is 0.721. The Morgan fingerprint density at radius 1 is 1.24 bits per heavy atom. The molecule has 0 spiro atoms. The highest BCUT2D eigenvalue weighted by Crippen LogP contribution is 2.33. The Morgan fingerprint density at radius 3 is 2.80 bits per heavy atom. The summed E-state index contributed by atoms with van der Waals surface area (Å²) in [4.78, 5) is 18.7. The summed E-state index contributed by atoms with van der Waals surface area (Å²) in [6.07, 6.45) is 6.05. The largest absolute Gasteiger partial charge is 0.342 e. The van der Waals surface area contributed by atoms with Crippen molar-refractivity contribution in [3.05, 3.63) is 35.9 Å². The normalized spacial score (nSPS) is 20.7. The van der Waals surface area contributed by atoms with E-state index in [0.717, 1.165) is 57.2 Å². The van der Waals surface area contributed by atoms with Gasteiger partial charge in [0.15, 0.2) is 5.82 Å². The number of amides is 1. The van der Waals surface area contributed by atoms with Gasteiger partial charge in [-0.15, -0.1) is 0 Å². The lowest BCUT2D eigenvalue weighted by molar-refractivity contribution is -0.134. The van der Waals surface area contributed by atoms with Crippen LogP contribution in [0.1, 0.15) is 37.9 Å². The number of aryl methyl sites for hydroxylation is 1. The van der Waals surface area contributed by atoms with Gasteiger partial charge in [0.2, 0.25) is 5.91 Å². The van der Waals surface area contributed by atoms with Gasteiger partial charge < -0.3 is 9.42 Å². The molecule has 2 heterocycles. The molecule has 2 aromatic rings. The maximum Gasteiger partial charge on any atom is 0.257 e. The Morgan fingerprint density at radius 2 is 2.04 bits per heavy atom. The van der Waals surface area contributed by atoms with Gasteiger partial charge in [0, 0.05) is 31.0 Å². The van der Waals surface area contributed by atoms with Gasteiger partial charge in [0.25, 0.3) is 5.89 Å². The van der Waals surface area contributed by atoms with Crippen molar-refractivity contribution >= 4 is 5.91 Å². The van der Waals surface area contributed by atoms with E-state index >= 15 is 0 Å². The summed E-state index contributed by atoms with van der Waals surface area (Å²) in [6.45, 7) is 1.76. The lowest BCUT2D eigenvalue weighted by atomic mass is 9.93. The lowest BCUT2D eigenvalue weighted by Gasteiger charge is -2.32. The number of piperidine rings is 1. The van der Waals surface area contributed by atoms with Crippen molar-refractivity contribution in [3.8, 4) is 11.5 Å². The molecule has 1 aliphatic heterocycles. The van der Waals surface area contributed by atoms with Crippen LogP contribution in [0.5, 0.6) is 0 Å². The average molecular weight is 343 g/mol. The Kier molecular flexibility index (Phi) is 4.51. The third-order valence-electron chi connectivity index (χ3n) is 5.09. The number of likely N-dealkylation sites (tertiary alicyclic amines) is 1. The Bertz CT molecular complexity index is 739. The van der Waals surface area contributed by atoms with Gasteiger partial charge >= 0.3 is 0 Å². The van der Waals surface area contributed by atoms with Crippen molar-refractivity contribution in [1.29, 1.82) is 0 Å². The molecule has 4 rings (SSSR count). The van der Waals surface area contributed by atoms with Crippen LogP contribution in [0.25, 0.3) is 11.5 Å². The van der Waals surface area contributed by atoms with Crippen molar-refractivity contribution in [2.45, 2.75) is 38.5 Å². The zero-order valence-corrected chi connectivity index (χ0v) is 14.2. The second-order valence-corrected chi connectivity index (χ2v) is 7.13. The summed E-state index contributed by atoms with van der Waals surface area (Å²) >= 11 is 0. The van der Waals surface area contributed by atoms with E-state index in [0.29, 0.717) is 29.5 Å². The van der Waals surface area contributed by atoms with Gasteiger partial charge in [-0.25, -0.2) is 4.39 Å². The van der Waals surface area contributed by atoms with Crippen LogP contribution >= 0.6 is 0 Å². The van der Waals surface area contributed by atoms with E-state index < -0.39 is 0 Å². The fourth-order valence-corrected chi connectivity index (χ4v) is 3.49. The van der Waals surface area contributed by atoms with Crippen LogP contribution < -0.4 is 0 Å². The number of benzene rings is 1. The van der Waals surface area contributed by atoms with Crippen molar-refractivity contribution < 1.29 is 13.7 Å². The molecule has 2 aliphatic rings. The third kappa shape index (κ3) is 3.89. The molecule has 0 radical (unpaired) electrons. The van der Waals surface area contributed by atoms with Gasteiger partial charge in [0.1, 0.15) is 5.82 Å². The van der Waals surface area contributed by atoms with E-state index in [1.54, 1.807) is 12.1 Å². The fraction of sp³-hybridized carbons (Fsp3) is 0.526. The Hall–Kier alpha value is -2.24. The number of nitrogens with zero attached hydrogens (tertiary/aromatic N) is 3. The molecule has 1 unspecified atom stereocenters. The van der Waals surface area contributed by atoms with Crippen LogP contribution in [-0.4, -0.2) is 34.0 Å². The van der Waals surface area contributed by atoms with Crippen molar-refractivity contribution in [2.75, 3.05) is 13.1 Å². The molecule has 1 aromatic heterocycles. The molecule has 5 nitrogen and oxygen atoms in total. The first-order valence-corrected chi connectivity index (χ1v) is 9.06. The van der Waals surface area contributed by atoms with Crippen molar-refractivity contribution in [1.82, 2.24) is 15.0 Å². The molecular formula is C19H22FN3O2. The fourth-order valence-electron chi connectivity index (χ4n) is 3.49. The third-order valence-corrected chi connectivity index (χ3v) is 5.09. The molecule has 0 bridgehead atoms. The molecule has 1 aliphatic carbocycles. The van der Waals surface area contributed by atoms with E-state index in [2.05, 4.69) is 10.1 Å². The summed E-state index contributed by atoms with van der Waals surface area (Å²) in [6, 6.07) is 6.03. The summed E-state index contributed by atoms with van der Waals surface area (Å²) < 4.78 is 18.3. The average Bonchev–Trinajstić information content (AvgIpc) is 3.38. The van der Waals surface area contributed by atoms with E-state index in [1.165, 1.54) is 12.1 Å². The molecule has 1 saturated carbocycles. The number of halogens is 1. The first kappa shape index (κ1) is 16.2. The number of hydrogen-bond acceptors (Lipinski definition) is 4. The molecule has 25 heavy (non-hydrogen) atoms. The number of carbonyl (C=O) groups excluding carboxylic acids is 1. The first-order chi connectivity index (χ1) is 12.2. The monoisotopic (exact) mass is 343 g/mol. The summed E-state index contributed by atoms with van der Waals surface area (Å²) in [7, 11) is 0. The standard InChI is InChI=1S/C19H22FN3O2/c20-16-8-6-14(7-9-16)18-21-17(22-25-18)10-3-13-2-1-11-23(12-13)19(24)15-4-5-15/h6-9,13,15H,1-5,10-12H2. The smallest absolute Gasteiger partial charge is 0.257 e. The zero-order chi connectivity index (χ0) is 17.2. The molecule has 1 aromatic carbocycles. The SMILES string of the molecule is O=C(C1CC1)N1CCCC(CCc2noc(-c3ccc(F)cc3)n2)C1. The van der Waals surface area contributed by atoms with Gasteiger partial charge in [-0.1, -0.05) is 5.16 Å². The van der Waals surface area contributed by atoms with Crippen LogP contribution in [0.15, 0.2) is 28.8 Å². The predicted octanol–water partition coefficient (Wildman–Crippen LogP) is 3.46. The lowest BCUT2D eigenvalue weighted by Crippen LogP contribution is -2.40.